The van der Waals surface area contributed by atoms with Gasteiger partial charge in [-0.3, -0.25) is 0 Å². The molecule has 1 aliphatic heterocycles. The van der Waals surface area contributed by atoms with Crippen LogP contribution in [0.4, 0.5) is 0 Å². The summed E-state index contributed by atoms with van der Waals surface area (Å²) in [7, 11) is 0. The highest BCUT2D eigenvalue weighted by Crippen LogP contribution is 2.15. The molecule has 4 atom stereocenters. The summed E-state index contributed by atoms with van der Waals surface area (Å²) in [6.07, 6.45) is -5.93. The first-order valence-corrected chi connectivity index (χ1v) is 3.43. The van der Waals surface area contributed by atoms with E-state index in [-0.39, 0.29) is 0 Å². The number of cyclic esters (lactones) is 1. The summed E-state index contributed by atoms with van der Waals surface area (Å²) in [6, 6.07) is 0. The minimum Gasteiger partial charge on any atom is -0.455 e. The third kappa shape index (κ3) is 1.42. The maximum absolute atomic E-state index is 10.7. The number of aliphatic hydroxyl groups is 4. The van der Waals surface area contributed by atoms with E-state index in [1.165, 1.54) is 0 Å². The van der Waals surface area contributed by atoms with Crippen molar-refractivity contribution in [2.45, 2.75) is 24.4 Å². The van der Waals surface area contributed by atoms with Crippen molar-refractivity contribution in [3.63, 3.8) is 0 Å². The second-order valence-electron chi connectivity index (χ2n) is 2.58. The van der Waals surface area contributed by atoms with E-state index in [0.29, 0.717) is 0 Å². The van der Waals surface area contributed by atoms with Crippen LogP contribution in [-0.4, -0.2) is 57.4 Å². The number of carbonyl (C=O) groups is 1. The van der Waals surface area contributed by atoms with E-state index in [9.17, 15) is 4.79 Å². The van der Waals surface area contributed by atoms with Crippen LogP contribution in [0.1, 0.15) is 0 Å². The monoisotopic (exact) mass is 178 g/mol. The summed E-state index contributed by atoms with van der Waals surface area (Å²) in [5.41, 5.74) is 0. The Kier molecular flexibility index (Phi) is 2.63. The molecule has 1 saturated heterocycles. The molecular weight excluding hydrogens is 168 g/mol. The van der Waals surface area contributed by atoms with Crippen LogP contribution in [0.25, 0.3) is 0 Å². The first-order chi connectivity index (χ1) is 5.57. The lowest BCUT2D eigenvalue weighted by molar-refractivity contribution is -0.206. The molecule has 6 nitrogen and oxygen atoms in total. The fourth-order valence-corrected chi connectivity index (χ4v) is 0.980. The molecule has 70 valence electrons. The smallest absolute Gasteiger partial charge is 0.338 e. The van der Waals surface area contributed by atoms with Crippen LogP contribution in [0.15, 0.2) is 0 Å². The van der Waals surface area contributed by atoms with E-state index in [1.807, 2.05) is 0 Å². The van der Waals surface area contributed by atoms with Crippen molar-refractivity contribution < 1.29 is 30.0 Å². The molecule has 0 amide bonds. The van der Waals surface area contributed by atoms with Crippen molar-refractivity contribution in [1.82, 2.24) is 0 Å². The van der Waals surface area contributed by atoms with Gasteiger partial charge in [0.05, 0.1) is 6.61 Å². The standard InChI is InChI=1S/C6H10O6/c7-1-2-3(8)4(9)5(10)6(11)12-2/h2-5,7-10H,1H2/t2-,3?,4?,5-/m1/s1. The number of hydrogen-bond donors (Lipinski definition) is 4. The summed E-state index contributed by atoms with van der Waals surface area (Å²) < 4.78 is 4.38. The first kappa shape index (κ1) is 9.40. The summed E-state index contributed by atoms with van der Waals surface area (Å²) in [6.45, 7) is -0.587. The minimum absolute atomic E-state index is 0.587. The minimum atomic E-state index is -1.73. The Balaban J connectivity index is 2.70. The third-order valence-corrected chi connectivity index (χ3v) is 1.74. The third-order valence-electron chi connectivity index (χ3n) is 1.74. The van der Waals surface area contributed by atoms with Crippen LogP contribution in [0.3, 0.4) is 0 Å². The van der Waals surface area contributed by atoms with E-state index in [1.54, 1.807) is 0 Å². The van der Waals surface area contributed by atoms with Crippen molar-refractivity contribution in [1.29, 1.82) is 0 Å². The maximum atomic E-state index is 10.7. The Hall–Kier alpha value is -0.690. The Morgan fingerprint density at radius 3 is 2.33 bits per heavy atom. The summed E-state index contributed by atoms with van der Waals surface area (Å²) in [5, 5.41) is 35.5. The Bertz CT molecular complexity index is 179. The molecular formula is C6H10O6. The van der Waals surface area contributed by atoms with Gasteiger partial charge in [0.1, 0.15) is 12.2 Å². The maximum Gasteiger partial charge on any atom is 0.338 e. The Labute approximate surface area is 68.0 Å². The van der Waals surface area contributed by atoms with Gasteiger partial charge in [0, 0.05) is 0 Å². The molecule has 6 heteroatoms. The molecule has 0 bridgehead atoms. The second-order valence-corrected chi connectivity index (χ2v) is 2.58. The highest BCUT2D eigenvalue weighted by Gasteiger charge is 2.43. The molecule has 0 radical (unpaired) electrons. The summed E-state index contributed by atoms with van der Waals surface area (Å²) >= 11 is 0. The lowest BCUT2D eigenvalue weighted by Crippen LogP contribution is -2.56. The largest absolute Gasteiger partial charge is 0.455 e. The van der Waals surface area contributed by atoms with Gasteiger partial charge < -0.3 is 25.2 Å². The average Bonchev–Trinajstić information content (AvgIpc) is 2.08. The fourth-order valence-electron chi connectivity index (χ4n) is 0.980. The number of ether oxygens (including phenoxy) is 1. The van der Waals surface area contributed by atoms with Crippen LogP contribution >= 0.6 is 0 Å². The molecule has 0 aliphatic carbocycles. The fraction of sp³-hybridized carbons (Fsp3) is 0.833. The zero-order chi connectivity index (χ0) is 9.30. The normalized spacial score (nSPS) is 42.5. The van der Waals surface area contributed by atoms with Crippen LogP contribution in [0, 0.1) is 0 Å². The Morgan fingerprint density at radius 2 is 1.83 bits per heavy atom. The number of carbonyl (C=O) groups excluding carboxylic acids is 1. The molecule has 0 aromatic rings. The van der Waals surface area contributed by atoms with E-state index in [2.05, 4.69) is 4.74 Å². The summed E-state index contributed by atoms with van der Waals surface area (Å²) in [4.78, 5) is 10.7. The van der Waals surface area contributed by atoms with Gasteiger partial charge in [-0.1, -0.05) is 0 Å². The van der Waals surface area contributed by atoms with Gasteiger partial charge in [-0.15, -0.1) is 0 Å². The van der Waals surface area contributed by atoms with E-state index >= 15 is 0 Å². The predicted octanol–water partition coefficient (Wildman–Crippen LogP) is -3.01. The van der Waals surface area contributed by atoms with E-state index < -0.39 is 37.0 Å². The lowest BCUT2D eigenvalue weighted by atomic mass is 10.0. The van der Waals surface area contributed by atoms with Gasteiger partial charge in [0.25, 0.3) is 0 Å². The molecule has 1 fully saturated rings. The predicted molar refractivity (Wildman–Crippen MR) is 35.0 cm³/mol. The SMILES string of the molecule is O=C1O[C@H](CO)C(O)C(O)[C@H]1O. The topological polar surface area (TPSA) is 107 Å². The molecule has 12 heavy (non-hydrogen) atoms. The quantitative estimate of drug-likeness (QED) is 0.318. The van der Waals surface area contributed by atoms with E-state index in [4.69, 9.17) is 20.4 Å². The van der Waals surface area contributed by atoms with Gasteiger partial charge in [-0.2, -0.15) is 0 Å². The van der Waals surface area contributed by atoms with Crippen LogP contribution in [-0.2, 0) is 9.53 Å². The van der Waals surface area contributed by atoms with Crippen molar-refractivity contribution in [3.8, 4) is 0 Å². The molecule has 1 rings (SSSR count). The Morgan fingerprint density at radius 1 is 1.25 bits per heavy atom. The second kappa shape index (κ2) is 3.36. The van der Waals surface area contributed by atoms with Gasteiger partial charge in [-0.05, 0) is 0 Å². The number of aliphatic hydroxyl groups excluding tert-OH is 4. The highest BCUT2D eigenvalue weighted by atomic mass is 16.6. The van der Waals surface area contributed by atoms with Crippen LogP contribution in [0.5, 0.6) is 0 Å². The van der Waals surface area contributed by atoms with Gasteiger partial charge in [0.2, 0.25) is 0 Å². The van der Waals surface area contributed by atoms with Crippen LogP contribution in [0.2, 0.25) is 0 Å². The van der Waals surface area contributed by atoms with Crippen LogP contribution < -0.4 is 0 Å². The molecule has 1 aliphatic rings. The number of esters is 1. The molecule has 0 saturated carbocycles. The molecule has 1 heterocycles. The highest BCUT2D eigenvalue weighted by molar-refractivity contribution is 5.76. The number of hydrogen-bond acceptors (Lipinski definition) is 6. The van der Waals surface area contributed by atoms with Crippen molar-refractivity contribution in [2.75, 3.05) is 6.61 Å². The zero-order valence-electron chi connectivity index (χ0n) is 6.12. The van der Waals surface area contributed by atoms with Crippen molar-refractivity contribution >= 4 is 5.97 Å². The molecule has 0 aromatic heterocycles. The molecule has 0 aromatic carbocycles. The summed E-state index contributed by atoms with van der Waals surface area (Å²) in [5.74, 6) is -1.04. The number of rotatable bonds is 1. The van der Waals surface area contributed by atoms with Crippen molar-refractivity contribution in [2.24, 2.45) is 0 Å². The zero-order valence-corrected chi connectivity index (χ0v) is 6.12. The van der Waals surface area contributed by atoms with Crippen molar-refractivity contribution in [3.05, 3.63) is 0 Å². The lowest BCUT2D eigenvalue weighted by Gasteiger charge is -2.32. The molecule has 2 unspecified atom stereocenters. The van der Waals surface area contributed by atoms with E-state index in [0.717, 1.165) is 0 Å². The van der Waals surface area contributed by atoms with Gasteiger partial charge in [-0.25, -0.2) is 4.79 Å². The average molecular weight is 178 g/mol. The van der Waals surface area contributed by atoms with Gasteiger partial charge >= 0.3 is 5.97 Å². The molecule has 4 N–H and O–H groups in total. The molecule has 0 spiro atoms. The van der Waals surface area contributed by atoms with Gasteiger partial charge in [0.15, 0.2) is 12.2 Å². The first-order valence-electron chi connectivity index (χ1n) is 3.43.